The Hall–Kier alpha value is -1.18. The monoisotopic (exact) mass is 465 g/mol. The number of carbonyl (C=O) groups excluding carboxylic acids is 1. The van der Waals surface area contributed by atoms with Crippen LogP contribution in [-0.2, 0) is 9.59 Å². The molecule has 188 valence electrons. The zero-order chi connectivity index (χ0) is 24.1. The zero-order valence-corrected chi connectivity index (χ0v) is 20.4. The number of amides is 1. The number of hydrogen-bond donors (Lipinski definition) is 5. The number of carbonyl (C=O) groups is 2. The number of aliphatic carboxylic acids is 1. The summed E-state index contributed by atoms with van der Waals surface area (Å²) in [7, 11) is 0. The first-order valence-corrected chi connectivity index (χ1v) is 13.0. The van der Waals surface area contributed by atoms with Crippen LogP contribution >= 0.6 is 0 Å². The van der Waals surface area contributed by atoms with E-state index in [1.165, 1.54) is 0 Å². The molecule has 0 spiro atoms. The summed E-state index contributed by atoms with van der Waals surface area (Å²) >= 11 is 0. The lowest BCUT2D eigenvalue weighted by atomic mass is 9.43. The van der Waals surface area contributed by atoms with E-state index in [1.54, 1.807) is 0 Å². The Morgan fingerprint density at radius 2 is 1.82 bits per heavy atom. The molecule has 11 atom stereocenters. The third-order valence-corrected chi connectivity index (χ3v) is 10.6. The van der Waals surface area contributed by atoms with Gasteiger partial charge >= 0.3 is 5.97 Å². The maximum atomic E-state index is 12.2. The number of rotatable bonds is 6. The molecule has 0 aromatic rings. The molecule has 0 unspecified atom stereocenters. The standard InChI is InChI=1S/C26H43NO6/c1-14(4-7-22(30)27-13-23(31)32)18-5-6-19-24-20(10-15(2)26(18,19)33)25(3)9-8-17(28)11-16(25)12-21(24)29/h14-21,24,28-29,33H,4-13H2,1-3H3,(H,27,30)(H,31,32)/t14-,15+,16-,17-,18-,19-,20-,21-,24+,25+,26+/m1/s1. The molecule has 0 aromatic carbocycles. The van der Waals surface area contributed by atoms with E-state index in [-0.39, 0.29) is 60.0 Å². The van der Waals surface area contributed by atoms with Crippen LogP contribution in [0.4, 0.5) is 0 Å². The van der Waals surface area contributed by atoms with Gasteiger partial charge in [0.05, 0.1) is 17.8 Å². The molecule has 0 heterocycles. The van der Waals surface area contributed by atoms with Crippen molar-refractivity contribution in [1.29, 1.82) is 0 Å². The molecule has 4 aliphatic rings. The molecule has 0 bridgehead atoms. The highest BCUT2D eigenvalue weighted by atomic mass is 16.4. The van der Waals surface area contributed by atoms with Gasteiger partial charge in [-0.1, -0.05) is 20.8 Å². The van der Waals surface area contributed by atoms with Gasteiger partial charge in [0, 0.05) is 6.42 Å². The summed E-state index contributed by atoms with van der Waals surface area (Å²) in [6.07, 6.45) is 6.23. The van der Waals surface area contributed by atoms with Crippen molar-refractivity contribution in [2.45, 2.75) is 96.4 Å². The van der Waals surface area contributed by atoms with Crippen LogP contribution in [0.15, 0.2) is 0 Å². The molecule has 5 N–H and O–H groups in total. The molecule has 4 saturated carbocycles. The molecule has 0 aromatic heterocycles. The first kappa shape index (κ1) is 24.9. The summed E-state index contributed by atoms with van der Waals surface area (Å²) in [5.74, 6) is -0.0912. The number of aliphatic hydroxyl groups excluding tert-OH is 2. The van der Waals surface area contributed by atoms with Crippen LogP contribution < -0.4 is 5.32 Å². The Morgan fingerprint density at radius 3 is 2.52 bits per heavy atom. The van der Waals surface area contributed by atoms with Crippen molar-refractivity contribution in [2.24, 2.45) is 46.8 Å². The summed E-state index contributed by atoms with van der Waals surface area (Å²) < 4.78 is 0. The van der Waals surface area contributed by atoms with Crippen LogP contribution in [0, 0.1) is 46.8 Å². The fraction of sp³-hybridized carbons (Fsp3) is 0.923. The quantitative estimate of drug-likeness (QED) is 0.410. The maximum Gasteiger partial charge on any atom is 0.322 e. The van der Waals surface area contributed by atoms with Crippen LogP contribution in [-0.4, -0.2) is 56.7 Å². The summed E-state index contributed by atoms with van der Waals surface area (Å²) in [5.41, 5.74) is -0.721. The average Bonchev–Trinajstić information content (AvgIpc) is 3.11. The molecule has 0 radical (unpaired) electrons. The number of carboxylic acids is 1. The summed E-state index contributed by atoms with van der Waals surface area (Å²) in [6.45, 7) is 6.28. The largest absolute Gasteiger partial charge is 0.480 e. The maximum absolute atomic E-state index is 12.2. The SMILES string of the molecule is C[C@H](CCC(=O)NCC(=O)O)[C@H]1CC[C@@H]2[C@@H]3[C@H](O)C[C@H]4C[C@H](O)CC[C@]4(C)[C@@H]3C[C@H](C)[C@@]21O. The van der Waals surface area contributed by atoms with Crippen LogP contribution in [0.3, 0.4) is 0 Å². The second-order valence-corrected chi connectivity index (χ2v) is 12.1. The van der Waals surface area contributed by atoms with E-state index in [4.69, 9.17) is 5.11 Å². The van der Waals surface area contributed by atoms with Crippen molar-refractivity contribution in [3.63, 3.8) is 0 Å². The predicted molar refractivity (Wildman–Crippen MR) is 123 cm³/mol. The molecule has 4 rings (SSSR count). The third-order valence-electron chi connectivity index (χ3n) is 10.6. The minimum absolute atomic E-state index is 0.0687. The number of fused-ring (bicyclic) bond motifs is 5. The fourth-order valence-corrected chi connectivity index (χ4v) is 8.84. The summed E-state index contributed by atoms with van der Waals surface area (Å²) in [6, 6.07) is 0. The van der Waals surface area contributed by atoms with Crippen LogP contribution in [0.2, 0.25) is 0 Å². The molecule has 4 aliphatic carbocycles. The topological polar surface area (TPSA) is 127 Å². The average molecular weight is 466 g/mol. The van der Waals surface area contributed by atoms with Crippen molar-refractivity contribution in [3.8, 4) is 0 Å². The van der Waals surface area contributed by atoms with Gasteiger partial charge in [0.25, 0.3) is 0 Å². The molecular formula is C26H43NO6. The second-order valence-electron chi connectivity index (χ2n) is 12.1. The first-order chi connectivity index (χ1) is 15.5. The predicted octanol–water partition coefficient (Wildman–Crippen LogP) is 2.56. The minimum Gasteiger partial charge on any atom is -0.480 e. The Bertz CT molecular complexity index is 759. The lowest BCUT2D eigenvalue weighted by Crippen LogP contribution is -2.63. The van der Waals surface area contributed by atoms with E-state index in [2.05, 4.69) is 26.1 Å². The van der Waals surface area contributed by atoms with Gasteiger partial charge in [-0.15, -0.1) is 0 Å². The number of carboxylic acid groups (broad SMARTS) is 1. The lowest BCUT2D eigenvalue weighted by Gasteiger charge is -2.63. The van der Waals surface area contributed by atoms with Crippen LogP contribution in [0.5, 0.6) is 0 Å². The Labute approximate surface area is 197 Å². The van der Waals surface area contributed by atoms with Gasteiger partial charge in [-0.2, -0.15) is 0 Å². The van der Waals surface area contributed by atoms with Gasteiger partial charge in [0.2, 0.25) is 5.91 Å². The van der Waals surface area contributed by atoms with E-state index >= 15 is 0 Å². The molecule has 4 fully saturated rings. The second kappa shape index (κ2) is 9.12. The Kier molecular flexibility index (Phi) is 6.89. The normalized spacial score (nSPS) is 47.7. The number of nitrogens with one attached hydrogen (secondary N) is 1. The van der Waals surface area contributed by atoms with Gasteiger partial charge in [0.15, 0.2) is 0 Å². The van der Waals surface area contributed by atoms with E-state index < -0.39 is 17.7 Å². The molecule has 0 aliphatic heterocycles. The van der Waals surface area contributed by atoms with Crippen LogP contribution in [0.25, 0.3) is 0 Å². The highest BCUT2D eigenvalue weighted by Gasteiger charge is 2.66. The first-order valence-electron chi connectivity index (χ1n) is 13.0. The van der Waals surface area contributed by atoms with E-state index in [9.17, 15) is 24.9 Å². The molecule has 0 saturated heterocycles. The Balaban J connectivity index is 1.49. The third kappa shape index (κ3) is 4.23. The van der Waals surface area contributed by atoms with Crippen LogP contribution in [0.1, 0.15) is 78.6 Å². The van der Waals surface area contributed by atoms with E-state index in [1.807, 2.05) is 0 Å². The van der Waals surface area contributed by atoms with Gasteiger partial charge < -0.3 is 25.7 Å². The smallest absolute Gasteiger partial charge is 0.322 e. The van der Waals surface area contributed by atoms with Crippen molar-refractivity contribution in [3.05, 3.63) is 0 Å². The minimum atomic E-state index is -1.05. The molecule has 1 amide bonds. The molecule has 7 nitrogen and oxygen atoms in total. The van der Waals surface area contributed by atoms with E-state index in [0.717, 1.165) is 44.9 Å². The van der Waals surface area contributed by atoms with Crippen molar-refractivity contribution < 1.29 is 30.0 Å². The Morgan fingerprint density at radius 1 is 1.09 bits per heavy atom. The van der Waals surface area contributed by atoms with Gasteiger partial charge in [-0.05, 0) is 98.2 Å². The molecule has 33 heavy (non-hydrogen) atoms. The van der Waals surface area contributed by atoms with Gasteiger partial charge in [0.1, 0.15) is 6.54 Å². The van der Waals surface area contributed by atoms with Crippen molar-refractivity contribution in [2.75, 3.05) is 6.54 Å². The number of aliphatic hydroxyl groups is 3. The highest BCUT2D eigenvalue weighted by molar-refractivity contribution is 5.81. The molecular weight excluding hydrogens is 422 g/mol. The van der Waals surface area contributed by atoms with Crippen molar-refractivity contribution in [1.82, 2.24) is 5.32 Å². The van der Waals surface area contributed by atoms with Gasteiger partial charge in [-0.25, -0.2) is 0 Å². The molecule has 7 heteroatoms. The fourth-order valence-electron chi connectivity index (χ4n) is 8.84. The van der Waals surface area contributed by atoms with Gasteiger partial charge in [-0.3, -0.25) is 9.59 Å². The zero-order valence-electron chi connectivity index (χ0n) is 20.4. The van der Waals surface area contributed by atoms with E-state index in [0.29, 0.717) is 18.3 Å². The van der Waals surface area contributed by atoms with Crippen molar-refractivity contribution >= 4 is 11.9 Å². The summed E-state index contributed by atoms with van der Waals surface area (Å²) in [5, 5.41) is 44.9. The highest BCUT2D eigenvalue weighted by Crippen LogP contribution is 2.66. The summed E-state index contributed by atoms with van der Waals surface area (Å²) in [4.78, 5) is 22.7. The lowest BCUT2D eigenvalue weighted by molar-refractivity contribution is -0.220. The number of hydrogen-bond acceptors (Lipinski definition) is 5.